The molecule has 1 aliphatic rings. The van der Waals surface area contributed by atoms with Crippen molar-refractivity contribution in [1.29, 1.82) is 0 Å². The first-order valence-electron chi connectivity index (χ1n) is 3.76. The summed E-state index contributed by atoms with van der Waals surface area (Å²) in [5, 5.41) is 16.3. The molecule has 0 amide bonds. The maximum Gasteiger partial charge on any atom is 0.108 e. The van der Waals surface area contributed by atoms with E-state index in [-0.39, 0.29) is 12.6 Å². The molecule has 2 N–H and O–H groups in total. The Kier molecular flexibility index (Phi) is 2.03. The second kappa shape index (κ2) is 3.18. The molecule has 0 aromatic carbocycles. The molecule has 1 atom stereocenters. The van der Waals surface area contributed by atoms with Gasteiger partial charge in [-0.05, 0) is 0 Å². The number of hydroxylamine groups is 1. The molecule has 0 radical (unpaired) electrons. The van der Waals surface area contributed by atoms with Crippen LogP contribution in [0, 0.1) is 0 Å². The van der Waals surface area contributed by atoms with Crippen LogP contribution in [-0.4, -0.2) is 33.3 Å². The van der Waals surface area contributed by atoms with Crippen molar-refractivity contribution < 1.29 is 9.94 Å². The van der Waals surface area contributed by atoms with Gasteiger partial charge in [0, 0.05) is 6.54 Å². The molecule has 0 bridgehead atoms. The van der Waals surface area contributed by atoms with E-state index in [2.05, 4.69) is 15.8 Å². The number of nitrogens with zero attached hydrogens (tertiary/aromatic N) is 3. The van der Waals surface area contributed by atoms with E-state index in [9.17, 15) is 0 Å². The summed E-state index contributed by atoms with van der Waals surface area (Å²) in [7, 11) is 0. The summed E-state index contributed by atoms with van der Waals surface area (Å²) >= 11 is 0. The average molecular weight is 170 g/mol. The molecule has 12 heavy (non-hydrogen) atoms. The molecule has 0 saturated carbocycles. The third-order valence-corrected chi connectivity index (χ3v) is 1.79. The van der Waals surface area contributed by atoms with Gasteiger partial charge in [0.2, 0.25) is 0 Å². The normalized spacial score (nSPS) is 23.2. The zero-order valence-corrected chi connectivity index (χ0v) is 6.47. The zero-order chi connectivity index (χ0) is 8.39. The van der Waals surface area contributed by atoms with Crippen molar-refractivity contribution >= 4 is 0 Å². The van der Waals surface area contributed by atoms with Crippen molar-refractivity contribution in [2.45, 2.75) is 12.6 Å². The lowest BCUT2D eigenvalue weighted by molar-refractivity contribution is 0.0968. The second-order valence-corrected chi connectivity index (χ2v) is 2.66. The third-order valence-electron chi connectivity index (χ3n) is 1.79. The minimum atomic E-state index is -0.0684. The highest BCUT2D eigenvalue weighted by atomic mass is 16.7. The number of rotatable bonds is 2. The van der Waals surface area contributed by atoms with Gasteiger partial charge in [-0.2, -0.15) is 0 Å². The highest BCUT2D eigenvalue weighted by molar-refractivity contribution is 4.91. The van der Waals surface area contributed by atoms with Gasteiger partial charge >= 0.3 is 0 Å². The van der Waals surface area contributed by atoms with Crippen LogP contribution in [0.5, 0.6) is 0 Å². The molecule has 66 valence electrons. The Bertz CT molecular complexity index is 256. The Balaban J connectivity index is 2.11. The number of aliphatic hydroxyl groups is 1. The zero-order valence-electron chi connectivity index (χ0n) is 6.47. The van der Waals surface area contributed by atoms with Crippen molar-refractivity contribution in [2.75, 3.05) is 13.2 Å². The molecule has 2 heterocycles. The molecular weight excluding hydrogens is 160 g/mol. The van der Waals surface area contributed by atoms with E-state index in [1.807, 2.05) is 0 Å². The van der Waals surface area contributed by atoms with E-state index >= 15 is 0 Å². The monoisotopic (exact) mass is 170 g/mol. The summed E-state index contributed by atoms with van der Waals surface area (Å²) in [6, 6.07) is 0.192. The standard InChI is InChI=1S/C6H10N4O2/c11-3-5-2-10(9-8-5)6-1-7-12-4-6/h2,6-7,11H,1,3-4H2/t6-/m1/s1. The fourth-order valence-electron chi connectivity index (χ4n) is 1.10. The number of hydrogen-bond donors (Lipinski definition) is 2. The van der Waals surface area contributed by atoms with Crippen LogP contribution >= 0.6 is 0 Å². The first-order chi connectivity index (χ1) is 5.90. The van der Waals surface area contributed by atoms with Gasteiger partial charge in [0.1, 0.15) is 5.69 Å². The van der Waals surface area contributed by atoms with Gasteiger partial charge in [0.15, 0.2) is 0 Å². The molecule has 1 fully saturated rings. The molecule has 1 aromatic rings. The summed E-state index contributed by atoms with van der Waals surface area (Å²) in [6.07, 6.45) is 1.72. The molecular formula is C6H10N4O2. The van der Waals surface area contributed by atoms with Crippen LogP contribution in [0.2, 0.25) is 0 Å². The summed E-state index contributed by atoms with van der Waals surface area (Å²) in [4.78, 5) is 4.95. The van der Waals surface area contributed by atoms with Crippen LogP contribution in [0.4, 0.5) is 0 Å². The van der Waals surface area contributed by atoms with Crippen molar-refractivity contribution in [1.82, 2.24) is 20.5 Å². The minimum Gasteiger partial charge on any atom is -0.390 e. The topological polar surface area (TPSA) is 72.2 Å². The fourth-order valence-corrected chi connectivity index (χ4v) is 1.10. The first kappa shape index (κ1) is 7.66. The van der Waals surface area contributed by atoms with Gasteiger partial charge < -0.3 is 5.11 Å². The van der Waals surface area contributed by atoms with Gasteiger partial charge in [-0.15, -0.1) is 5.10 Å². The highest BCUT2D eigenvalue weighted by Gasteiger charge is 2.18. The predicted molar refractivity (Wildman–Crippen MR) is 38.9 cm³/mol. The summed E-state index contributed by atoms with van der Waals surface area (Å²) in [5.41, 5.74) is 3.33. The smallest absolute Gasteiger partial charge is 0.108 e. The van der Waals surface area contributed by atoms with Crippen molar-refractivity contribution in [2.24, 2.45) is 0 Å². The van der Waals surface area contributed by atoms with Gasteiger partial charge in [-0.25, -0.2) is 10.2 Å². The minimum absolute atomic E-state index is 0.0684. The predicted octanol–water partition coefficient (Wildman–Crippen LogP) is -1.15. The Morgan fingerprint density at radius 1 is 1.83 bits per heavy atom. The van der Waals surface area contributed by atoms with Crippen LogP contribution in [0.15, 0.2) is 6.20 Å². The fraction of sp³-hybridized carbons (Fsp3) is 0.667. The number of aromatic nitrogens is 3. The van der Waals surface area contributed by atoms with Gasteiger partial charge in [-0.3, -0.25) is 4.84 Å². The molecule has 2 rings (SSSR count). The van der Waals surface area contributed by atoms with Crippen LogP contribution in [0.25, 0.3) is 0 Å². The van der Waals surface area contributed by atoms with E-state index in [0.717, 1.165) is 6.54 Å². The quantitative estimate of drug-likeness (QED) is 0.586. The molecule has 0 unspecified atom stereocenters. The first-order valence-corrected chi connectivity index (χ1v) is 3.76. The van der Waals surface area contributed by atoms with E-state index < -0.39 is 0 Å². The Morgan fingerprint density at radius 2 is 2.75 bits per heavy atom. The SMILES string of the molecule is OCc1cn([C@@H]2CNOC2)nn1. The van der Waals surface area contributed by atoms with Gasteiger partial charge in [-0.1, -0.05) is 5.21 Å². The van der Waals surface area contributed by atoms with Crippen LogP contribution in [0.3, 0.4) is 0 Å². The highest BCUT2D eigenvalue weighted by Crippen LogP contribution is 2.08. The lowest BCUT2D eigenvalue weighted by Gasteiger charge is -2.03. The molecule has 1 saturated heterocycles. The van der Waals surface area contributed by atoms with Gasteiger partial charge in [0.05, 0.1) is 25.5 Å². The Labute approximate surface area is 69.1 Å². The number of hydrogen-bond acceptors (Lipinski definition) is 5. The Morgan fingerprint density at radius 3 is 3.33 bits per heavy atom. The Hall–Kier alpha value is -0.980. The summed E-state index contributed by atoms with van der Waals surface area (Å²) in [5.74, 6) is 0. The maximum atomic E-state index is 8.73. The van der Waals surface area contributed by atoms with E-state index in [4.69, 9.17) is 9.94 Å². The largest absolute Gasteiger partial charge is 0.390 e. The lowest BCUT2D eigenvalue weighted by Crippen LogP contribution is -2.14. The van der Waals surface area contributed by atoms with Crippen LogP contribution in [0.1, 0.15) is 11.7 Å². The third kappa shape index (κ3) is 1.31. The molecule has 6 nitrogen and oxygen atoms in total. The number of nitrogens with one attached hydrogen (secondary N) is 1. The van der Waals surface area contributed by atoms with Crippen LogP contribution in [-0.2, 0) is 11.4 Å². The average Bonchev–Trinajstić information content (AvgIpc) is 2.75. The molecule has 1 aromatic heterocycles. The van der Waals surface area contributed by atoms with Crippen molar-refractivity contribution in [3.05, 3.63) is 11.9 Å². The van der Waals surface area contributed by atoms with E-state index in [1.54, 1.807) is 10.9 Å². The summed E-state index contributed by atoms with van der Waals surface area (Å²) in [6.45, 7) is 1.25. The second-order valence-electron chi connectivity index (χ2n) is 2.66. The number of aliphatic hydroxyl groups excluding tert-OH is 1. The maximum absolute atomic E-state index is 8.73. The van der Waals surface area contributed by atoms with Gasteiger partial charge in [0.25, 0.3) is 0 Å². The van der Waals surface area contributed by atoms with Crippen molar-refractivity contribution in [3.63, 3.8) is 0 Å². The van der Waals surface area contributed by atoms with E-state index in [1.165, 1.54) is 0 Å². The molecule has 1 aliphatic heterocycles. The van der Waals surface area contributed by atoms with E-state index in [0.29, 0.717) is 12.3 Å². The summed E-state index contributed by atoms with van der Waals surface area (Å²) < 4.78 is 1.70. The van der Waals surface area contributed by atoms with Crippen molar-refractivity contribution in [3.8, 4) is 0 Å². The molecule has 0 spiro atoms. The lowest BCUT2D eigenvalue weighted by atomic mass is 10.3. The van der Waals surface area contributed by atoms with Crippen LogP contribution < -0.4 is 5.48 Å². The molecule has 6 heteroatoms. The molecule has 0 aliphatic carbocycles.